The Hall–Kier alpha value is -1.65. The molecule has 0 radical (unpaired) electrons. The van der Waals surface area contributed by atoms with E-state index in [-0.39, 0.29) is 4.90 Å². The minimum absolute atomic E-state index is 0.118. The Morgan fingerprint density at radius 2 is 2.16 bits per heavy atom. The number of anilines is 1. The lowest BCUT2D eigenvalue weighted by Crippen LogP contribution is -2.18. The van der Waals surface area contributed by atoms with Crippen molar-refractivity contribution in [2.24, 2.45) is 7.05 Å². The van der Waals surface area contributed by atoms with Crippen LogP contribution in [-0.2, 0) is 17.1 Å². The number of nitrogen functional groups attached to an aromatic ring is 1. The van der Waals surface area contributed by atoms with Gasteiger partial charge in [0.05, 0.1) is 4.90 Å². The van der Waals surface area contributed by atoms with E-state index in [1.165, 1.54) is 35.6 Å². The van der Waals surface area contributed by atoms with Crippen LogP contribution in [-0.4, -0.2) is 35.7 Å². The molecule has 1 heterocycles. The second kappa shape index (κ2) is 5.15. The van der Waals surface area contributed by atoms with Gasteiger partial charge < -0.3 is 5.73 Å². The molecule has 1 aromatic heterocycles. The summed E-state index contributed by atoms with van der Waals surface area (Å²) < 4.78 is 27.0. The summed E-state index contributed by atoms with van der Waals surface area (Å²) >= 11 is 1.26. The fraction of sp³-hybridized carbons (Fsp3) is 0.222. The van der Waals surface area contributed by atoms with E-state index in [0.29, 0.717) is 15.7 Å². The average molecular weight is 300 g/mol. The number of hydrogen-bond acceptors (Lipinski definition) is 7. The van der Waals surface area contributed by atoms with Gasteiger partial charge in [-0.3, -0.25) is 0 Å². The molecule has 3 N–H and O–H groups in total. The molecule has 0 aliphatic heterocycles. The highest BCUT2D eigenvalue weighted by Gasteiger charge is 2.14. The number of aryl methyl sites for hydroxylation is 1. The van der Waals surface area contributed by atoms with E-state index in [1.54, 1.807) is 13.1 Å². The van der Waals surface area contributed by atoms with Crippen LogP contribution in [0.25, 0.3) is 0 Å². The smallest absolute Gasteiger partial charge is 0.240 e. The normalized spacial score (nSPS) is 11.7. The van der Waals surface area contributed by atoms with Gasteiger partial charge >= 0.3 is 0 Å². The van der Waals surface area contributed by atoms with E-state index >= 15 is 0 Å². The molecule has 19 heavy (non-hydrogen) atoms. The van der Waals surface area contributed by atoms with Crippen LogP contribution < -0.4 is 10.5 Å². The zero-order valence-corrected chi connectivity index (χ0v) is 11.9. The highest BCUT2D eigenvalue weighted by Crippen LogP contribution is 2.31. The third-order valence-corrected chi connectivity index (χ3v) is 4.87. The number of nitrogens with zero attached hydrogens (tertiary/aromatic N) is 4. The Bertz CT molecular complexity index is 696. The van der Waals surface area contributed by atoms with E-state index < -0.39 is 10.0 Å². The van der Waals surface area contributed by atoms with Crippen LogP contribution in [0.5, 0.6) is 0 Å². The van der Waals surface area contributed by atoms with Crippen LogP contribution in [0.4, 0.5) is 5.69 Å². The van der Waals surface area contributed by atoms with E-state index in [4.69, 9.17) is 5.73 Å². The van der Waals surface area contributed by atoms with Crippen molar-refractivity contribution in [2.45, 2.75) is 14.9 Å². The van der Waals surface area contributed by atoms with Crippen LogP contribution in [0.1, 0.15) is 0 Å². The van der Waals surface area contributed by atoms with Crippen molar-refractivity contribution in [1.29, 1.82) is 0 Å². The standard InChI is InChI=1S/C9H12N6O2S2/c1-11-19(16,17)6-3-4-8(7(10)5-6)18-9-12-13-14-15(9)2/h3-5,11H,10H2,1-2H3. The molecule has 0 spiro atoms. The Labute approximate surface area is 114 Å². The van der Waals surface area contributed by atoms with Gasteiger partial charge in [0, 0.05) is 17.6 Å². The van der Waals surface area contributed by atoms with Gasteiger partial charge in [-0.05, 0) is 47.4 Å². The molecule has 1 aromatic carbocycles. The lowest BCUT2D eigenvalue weighted by Gasteiger charge is -2.07. The highest BCUT2D eigenvalue weighted by molar-refractivity contribution is 7.99. The molecule has 2 aromatic rings. The first-order valence-corrected chi connectivity index (χ1v) is 7.47. The van der Waals surface area contributed by atoms with Crippen LogP contribution in [0.15, 0.2) is 33.1 Å². The molecule has 10 heteroatoms. The van der Waals surface area contributed by atoms with Gasteiger partial charge in [-0.15, -0.1) is 5.10 Å². The zero-order valence-electron chi connectivity index (χ0n) is 10.2. The third kappa shape index (κ3) is 2.85. The van der Waals surface area contributed by atoms with E-state index in [2.05, 4.69) is 20.2 Å². The SMILES string of the molecule is CNS(=O)(=O)c1ccc(Sc2nnnn2C)c(N)c1. The molecule has 0 saturated heterocycles. The lowest BCUT2D eigenvalue weighted by atomic mass is 10.3. The van der Waals surface area contributed by atoms with Crippen LogP contribution >= 0.6 is 11.8 Å². The molecule has 0 atom stereocenters. The van der Waals surface area contributed by atoms with Crippen LogP contribution in [0.3, 0.4) is 0 Å². The summed E-state index contributed by atoms with van der Waals surface area (Å²) in [5.74, 6) is 0. The first-order chi connectivity index (χ1) is 8.94. The molecule has 0 fully saturated rings. The molecule has 102 valence electrons. The topological polar surface area (TPSA) is 116 Å². The predicted molar refractivity (Wildman–Crippen MR) is 70.0 cm³/mol. The van der Waals surface area contributed by atoms with Gasteiger partial charge in [0.1, 0.15) is 0 Å². The number of tetrazole rings is 1. The van der Waals surface area contributed by atoms with Crippen LogP contribution in [0, 0.1) is 0 Å². The third-order valence-electron chi connectivity index (χ3n) is 2.34. The Morgan fingerprint density at radius 1 is 1.42 bits per heavy atom. The minimum atomic E-state index is -3.49. The molecular weight excluding hydrogens is 288 g/mol. The zero-order chi connectivity index (χ0) is 14.0. The quantitative estimate of drug-likeness (QED) is 0.754. The number of rotatable bonds is 4. The number of nitrogens with two attached hydrogens (primary N) is 1. The lowest BCUT2D eigenvalue weighted by molar-refractivity contribution is 0.588. The van der Waals surface area contributed by atoms with Crippen molar-refractivity contribution < 1.29 is 8.42 Å². The molecule has 8 nitrogen and oxygen atoms in total. The maximum atomic E-state index is 11.6. The molecule has 0 amide bonds. The molecule has 2 rings (SSSR count). The fourth-order valence-electron chi connectivity index (χ4n) is 1.31. The monoisotopic (exact) mass is 300 g/mol. The van der Waals surface area contributed by atoms with Gasteiger partial charge in [-0.1, -0.05) is 0 Å². The molecule has 0 aliphatic rings. The Balaban J connectivity index is 2.33. The molecular formula is C9H12N6O2S2. The van der Waals surface area contributed by atoms with Crippen LogP contribution in [0.2, 0.25) is 0 Å². The van der Waals surface area contributed by atoms with Crippen molar-refractivity contribution in [3.8, 4) is 0 Å². The van der Waals surface area contributed by atoms with Crippen molar-refractivity contribution >= 4 is 27.5 Å². The number of benzene rings is 1. The van der Waals surface area contributed by atoms with Crippen molar-refractivity contribution in [1.82, 2.24) is 24.9 Å². The van der Waals surface area contributed by atoms with E-state index in [0.717, 1.165) is 0 Å². The van der Waals surface area contributed by atoms with Crippen molar-refractivity contribution in [3.05, 3.63) is 18.2 Å². The summed E-state index contributed by atoms with van der Waals surface area (Å²) in [6.45, 7) is 0. The second-order valence-corrected chi connectivity index (χ2v) is 6.49. The summed E-state index contributed by atoms with van der Waals surface area (Å²) in [6.07, 6.45) is 0. The van der Waals surface area contributed by atoms with Gasteiger partial charge in [0.15, 0.2) is 0 Å². The minimum Gasteiger partial charge on any atom is -0.398 e. The van der Waals surface area contributed by atoms with E-state index in [9.17, 15) is 8.42 Å². The highest BCUT2D eigenvalue weighted by atomic mass is 32.2. The Kier molecular flexibility index (Phi) is 3.73. The summed E-state index contributed by atoms with van der Waals surface area (Å²) in [5.41, 5.74) is 6.20. The fourth-order valence-corrected chi connectivity index (χ4v) is 2.83. The summed E-state index contributed by atoms with van der Waals surface area (Å²) in [5, 5.41) is 11.6. The molecule has 0 saturated carbocycles. The maximum Gasteiger partial charge on any atom is 0.240 e. The maximum absolute atomic E-state index is 11.6. The second-order valence-electron chi connectivity index (χ2n) is 3.59. The molecule has 0 aliphatic carbocycles. The largest absolute Gasteiger partial charge is 0.398 e. The predicted octanol–water partition coefficient (Wildman–Crippen LogP) is -0.148. The number of nitrogens with one attached hydrogen (secondary N) is 1. The van der Waals surface area contributed by atoms with Gasteiger partial charge in [-0.25, -0.2) is 17.8 Å². The number of aromatic nitrogens is 4. The van der Waals surface area contributed by atoms with Gasteiger partial charge in [-0.2, -0.15) is 0 Å². The summed E-state index contributed by atoms with van der Waals surface area (Å²) in [7, 11) is -0.439. The summed E-state index contributed by atoms with van der Waals surface area (Å²) in [4.78, 5) is 0.806. The summed E-state index contributed by atoms with van der Waals surface area (Å²) in [6, 6.07) is 4.51. The first kappa shape index (κ1) is 13.8. The van der Waals surface area contributed by atoms with Crippen molar-refractivity contribution in [2.75, 3.05) is 12.8 Å². The molecule has 0 bridgehead atoms. The Morgan fingerprint density at radius 3 is 2.68 bits per heavy atom. The number of hydrogen-bond donors (Lipinski definition) is 2. The van der Waals surface area contributed by atoms with Gasteiger partial charge in [0.25, 0.3) is 0 Å². The average Bonchev–Trinajstić information content (AvgIpc) is 2.77. The van der Waals surface area contributed by atoms with Crippen molar-refractivity contribution in [3.63, 3.8) is 0 Å². The number of sulfonamides is 1. The first-order valence-electron chi connectivity index (χ1n) is 5.17. The molecule has 0 unspecified atom stereocenters. The van der Waals surface area contributed by atoms with Gasteiger partial charge in [0.2, 0.25) is 15.2 Å². The van der Waals surface area contributed by atoms with E-state index in [1.807, 2.05) is 0 Å².